The van der Waals surface area contributed by atoms with E-state index < -0.39 is 12.1 Å². The van der Waals surface area contributed by atoms with Crippen LogP contribution < -0.4 is 0 Å². The number of aliphatic hydroxyl groups is 1. The topological polar surface area (TPSA) is 46.5 Å². The van der Waals surface area contributed by atoms with Crippen LogP contribution in [0.25, 0.3) is 0 Å². The molecule has 0 aliphatic heterocycles. The van der Waals surface area contributed by atoms with Crippen LogP contribution in [0, 0.1) is 6.92 Å². The number of rotatable bonds is 4. The van der Waals surface area contributed by atoms with Crippen LogP contribution in [-0.4, -0.2) is 17.7 Å². The Morgan fingerprint density at radius 1 is 1.32 bits per heavy atom. The maximum absolute atomic E-state index is 11.5. The summed E-state index contributed by atoms with van der Waals surface area (Å²) in [5.41, 5.74) is 5.76. The van der Waals surface area contributed by atoms with E-state index in [1.165, 1.54) is 0 Å². The first-order valence-electron chi connectivity index (χ1n) is 6.31. The first-order valence-corrected chi connectivity index (χ1v) is 6.31. The van der Waals surface area contributed by atoms with E-state index in [2.05, 4.69) is 5.73 Å². The van der Waals surface area contributed by atoms with Crippen LogP contribution in [0.2, 0.25) is 0 Å². The second kappa shape index (κ2) is 6.93. The first-order chi connectivity index (χ1) is 8.95. The van der Waals surface area contributed by atoms with Crippen molar-refractivity contribution < 1.29 is 14.6 Å². The molecule has 3 nitrogen and oxygen atoms in total. The number of esters is 1. The zero-order valence-corrected chi connectivity index (χ0v) is 11.9. The van der Waals surface area contributed by atoms with Gasteiger partial charge in [-0.1, -0.05) is 29.8 Å². The molecule has 0 spiro atoms. The van der Waals surface area contributed by atoms with Crippen LogP contribution in [0.1, 0.15) is 38.0 Å². The smallest absolute Gasteiger partial charge is 0.341 e. The summed E-state index contributed by atoms with van der Waals surface area (Å²) < 4.78 is 4.87. The lowest BCUT2D eigenvalue weighted by molar-refractivity contribution is -0.138. The van der Waals surface area contributed by atoms with E-state index in [9.17, 15) is 9.90 Å². The highest BCUT2D eigenvalue weighted by atomic mass is 16.5. The zero-order chi connectivity index (χ0) is 14.4. The van der Waals surface area contributed by atoms with Crippen LogP contribution in [0.3, 0.4) is 0 Å². The second-order valence-electron chi connectivity index (χ2n) is 4.47. The number of benzene rings is 1. The maximum Gasteiger partial charge on any atom is 0.341 e. The van der Waals surface area contributed by atoms with Crippen molar-refractivity contribution in [1.82, 2.24) is 0 Å². The third-order valence-electron chi connectivity index (χ3n) is 2.77. The summed E-state index contributed by atoms with van der Waals surface area (Å²) in [6.45, 7) is 7.45. The van der Waals surface area contributed by atoms with Crippen molar-refractivity contribution in [2.24, 2.45) is 0 Å². The Hall–Kier alpha value is -1.83. The van der Waals surface area contributed by atoms with Crippen molar-refractivity contribution in [2.45, 2.75) is 33.8 Å². The summed E-state index contributed by atoms with van der Waals surface area (Å²) in [6.07, 6.45) is -0.759. The van der Waals surface area contributed by atoms with Gasteiger partial charge in [-0.25, -0.2) is 4.79 Å². The van der Waals surface area contributed by atoms with Gasteiger partial charge in [0, 0.05) is 5.57 Å². The number of hydrogen-bond donors (Lipinski definition) is 1. The highest BCUT2D eigenvalue weighted by Gasteiger charge is 2.10. The molecule has 1 aromatic rings. The van der Waals surface area contributed by atoms with Crippen molar-refractivity contribution in [2.75, 3.05) is 6.61 Å². The highest BCUT2D eigenvalue weighted by molar-refractivity contribution is 5.87. The van der Waals surface area contributed by atoms with Gasteiger partial charge in [0.15, 0.2) is 0 Å². The minimum atomic E-state index is -0.759. The zero-order valence-electron chi connectivity index (χ0n) is 11.9. The van der Waals surface area contributed by atoms with Gasteiger partial charge in [-0.05, 0) is 33.3 Å². The van der Waals surface area contributed by atoms with Crippen molar-refractivity contribution >= 4 is 5.97 Å². The molecular formula is C16H20O3. The number of ether oxygens (including phenoxy) is 1. The van der Waals surface area contributed by atoms with Crippen LogP contribution in [0.5, 0.6) is 0 Å². The molecule has 1 N–H and O–H groups in total. The van der Waals surface area contributed by atoms with E-state index in [1.54, 1.807) is 20.8 Å². The summed E-state index contributed by atoms with van der Waals surface area (Å²) in [7, 11) is 0. The number of carbonyl (C=O) groups excluding carboxylic acids is 1. The molecule has 0 saturated carbocycles. The Morgan fingerprint density at radius 3 is 2.42 bits per heavy atom. The van der Waals surface area contributed by atoms with Crippen LogP contribution >= 0.6 is 0 Å². The van der Waals surface area contributed by atoms with Crippen LogP contribution in [-0.2, 0) is 9.53 Å². The van der Waals surface area contributed by atoms with Crippen LogP contribution in [0.15, 0.2) is 41.1 Å². The molecule has 0 saturated heterocycles. The number of aliphatic hydroxyl groups excluding tert-OH is 1. The minimum Gasteiger partial charge on any atom is -0.462 e. The van der Waals surface area contributed by atoms with Crippen molar-refractivity contribution in [3.05, 3.63) is 52.3 Å². The SMILES string of the molecule is CCOC(=O)C(C)=C=C(C)[C@@H](O)c1ccc(C)cc1. The number of hydrogen-bond acceptors (Lipinski definition) is 3. The quantitative estimate of drug-likeness (QED) is 0.514. The maximum atomic E-state index is 11.5. The molecule has 0 unspecified atom stereocenters. The van der Waals surface area contributed by atoms with Gasteiger partial charge in [0.1, 0.15) is 6.10 Å². The van der Waals surface area contributed by atoms with Gasteiger partial charge in [-0.3, -0.25) is 0 Å². The van der Waals surface area contributed by atoms with Gasteiger partial charge < -0.3 is 9.84 Å². The lowest BCUT2D eigenvalue weighted by Gasteiger charge is -2.10. The minimum absolute atomic E-state index is 0.331. The average molecular weight is 260 g/mol. The largest absolute Gasteiger partial charge is 0.462 e. The molecule has 1 aromatic carbocycles. The summed E-state index contributed by atoms with van der Waals surface area (Å²) in [4.78, 5) is 11.5. The highest BCUT2D eigenvalue weighted by Crippen LogP contribution is 2.21. The second-order valence-corrected chi connectivity index (χ2v) is 4.47. The van der Waals surface area contributed by atoms with Gasteiger partial charge >= 0.3 is 5.97 Å². The number of aryl methyl sites for hydroxylation is 1. The van der Waals surface area contributed by atoms with E-state index in [0.29, 0.717) is 17.8 Å². The number of carbonyl (C=O) groups is 1. The van der Waals surface area contributed by atoms with E-state index >= 15 is 0 Å². The third kappa shape index (κ3) is 4.40. The summed E-state index contributed by atoms with van der Waals surface area (Å²) in [6, 6.07) is 7.61. The van der Waals surface area contributed by atoms with E-state index in [1.807, 2.05) is 31.2 Å². The fourth-order valence-electron chi connectivity index (χ4n) is 1.65. The molecule has 0 amide bonds. The lowest BCUT2D eigenvalue weighted by Crippen LogP contribution is -2.05. The summed E-state index contributed by atoms with van der Waals surface area (Å²) >= 11 is 0. The van der Waals surface area contributed by atoms with Gasteiger partial charge in [0.25, 0.3) is 0 Å². The predicted molar refractivity (Wildman–Crippen MR) is 74.7 cm³/mol. The monoisotopic (exact) mass is 260 g/mol. The lowest BCUT2D eigenvalue weighted by atomic mass is 10.0. The first kappa shape index (κ1) is 15.2. The average Bonchev–Trinajstić information content (AvgIpc) is 2.38. The molecule has 102 valence electrons. The van der Waals surface area contributed by atoms with Gasteiger partial charge in [-0.2, -0.15) is 0 Å². The Kier molecular flexibility index (Phi) is 5.56. The standard InChI is InChI=1S/C16H20O3/c1-5-19-16(18)13(4)10-12(3)15(17)14-8-6-11(2)7-9-14/h6-9,15,17H,5H2,1-4H3/t10?,15-/m1/s1. The van der Waals surface area contributed by atoms with Crippen molar-refractivity contribution in [3.8, 4) is 0 Å². The molecule has 1 atom stereocenters. The van der Waals surface area contributed by atoms with Gasteiger partial charge in [0.05, 0.1) is 12.2 Å². The molecule has 0 aromatic heterocycles. The fourth-order valence-corrected chi connectivity index (χ4v) is 1.65. The van der Waals surface area contributed by atoms with Gasteiger partial charge in [-0.15, -0.1) is 5.73 Å². The Balaban J connectivity index is 2.98. The Morgan fingerprint density at radius 2 is 1.89 bits per heavy atom. The molecule has 0 radical (unpaired) electrons. The normalized spacial score (nSPS) is 11.4. The summed E-state index contributed by atoms with van der Waals surface area (Å²) in [5.74, 6) is -0.405. The van der Waals surface area contributed by atoms with E-state index in [0.717, 1.165) is 11.1 Å². The molecule has 0 aliphatic carbocycles. The van der Waals surface area contributed by atoms with Crippen LogP contribution in [0.4, 0.5) is 0 Å². The fraction of sp³-hybridized carbons (Fsp3) is 0.375. The van der Waals surface area contributed by atoms with Crippen molar-refractivity contribution in [1.29, 1.82) is 0 Å². The van der Waals surface area contributed by atoms with Gasteiger partial charge in [0.2, 0.25) is 0 Å². The molecule has 0 bridgehead atoms. The molecule has 0 fully saturated rings. The van der Waals surface area contributed by atoms with Crippen molar-refractivity contribution in [3.63, 3.8) is 0 Å². The molecule has 1 rings (SSSR count). The predicted octanol–water partition coefficient (Wildman–Crippen LogP) is 3.08. The Bertz CT molecular complexity index is 505. The molecule has 0 aliphatic rings. The molecular weight excluding hydrogens is 240 g/mol. The summed E-state index contributed by atoms with van der Waals surface area (Å²) in [5, 5.41) is 10.2. The third-order valence-corrected chi connectivity index (χ3v) is 2.77. The van der Waals surface area contributed by atoms with E-state index in [4.69, 9.17) is 4.74 Å². The molecule has 0 heterocycles. The Labute approximate surface area is 114 Å². The molecule has 3 heteroatoms. The molecule has 19 heavy (non-hydrogen) atoms. The van der Waals surface area contributed by atoms with E-state index in [-0.39, 0.29) is 0 Å².